The molecule has 2 aromatic rings. The van der Waals surface area contributed by atoms with Crippen molar-refractivity contribution in [3.05, 3.63) is 63.7 Å². The number of carbonyl (C=O) groups excluding carboxylic acids is 1. The van der Waals surface area contributed by atoms with Crippen molar-refractivity contribution in [2.24, 2.45) is 0 Å². The van der Waals surface area contributed by atoms with E-state index < -0.39 is 4.92 Å². The number of nitrogens with one attached hydrogen (secondary N) is 1. The van der Waals surface area contributed by atoms with E-state index in [1.807, 2.05) is 32.0 Å². The Kier molecular flexibility index (Phi) is 5.89. The Morgan fingerprint density at radius 2 is 1.75 bits per heavy atom. The van der Waals surface area contributed by atoms with Crippen LogP contribution in [0.15, 0.2) is 42.5 Å². The fraction of sp³-hybridized carbons (Fsp3) is 0.278. The highest BCUT2D eigenvalue weighted by atomic mass is 16.6. The molecule has 0 aliphatic carbocycles. The van der Waals surface area contributed by atoms with Crippen molar-refractivity contribution < 1.29 is 14.5 Å². The largest absolute Gasteiger partial charge is 0.484 e. The van der Waals surface area contributed by atoms with Gasteiger partial charge in [-0.3, -0.25) is 14.9 Å². The molecule has 0 bridgehead atoms. The Morgan fingerprint density at radius 3 is 2.33 bits per heavy atom. The van der Waals surface area contributed by atoms with Crippen LogP contribution in [-0.2, 0) is 17.6 Å². The first-order chi connectivity index (χ1) is 11.5. The number of nitrogens with zero attached hydrogens (tertiary/aromatic N) is 1. The van der Waals surface area contributed by atoms with Crippen molar-refractivity contribution in [3.8, 4) is 5.75 Å². The molecule has 0 heterocycles. The smallest absolute Gasteiger partial charge is 0.273 e. The lowest BCUT2D eigenvalue weighted by atomic mass is 10.0. The number of aryl methyl sites for hydroxylation is 2. The number of hydrogen-bond acceptors (Lipinski definition) is 4. The molecule has 2 aromatic carbocycles. The van der Waals surface area contributed by atoms with Crippen LogP contribution in [0.5, 0.6) is 5.75 Å². The van der Waals surface area contributed by atoms with Gasteiger partial charge in [0.05, 0.1) is 11.0 Å². The maximum absolute atomic E-state index is 12.2. The molecule has 2 rings (SSSR count). The van der Waals surface area contributed by atoms with Crippen molar-refractivity contribution in [1.29, 1.82) is 0 Å². The summed E-state index contributed by atoms with van der Waals surface area (Å²) in [6.45, 7) is 3.86. The Morgan fingerprint density at radius 1 is 1.12 bits per heavy atom. The van der Waals surface area contributed by atoms with Gasteiger partial charge in [-0.15, -0.1) is 0 Å². The normalized spacial score (nSPS) is 10.2. The molecule has 24 heavy (non-hydrogen) atoms. The molecule has 0 saturated heterocycles. The minimum Gasteiger partial charge on any atom is -0.484 e. The van der Waals surface area contributed by atoms with Gasteiger partial charge >= 0.3 is 0 Å². The predicted octanol–water partition coefficient (Wildman–Crippen LogP) is 3.74. The molecule has 126 valence electrons. The second-order valence-electron chi connectivity index (χ2n) is 5.25. The van der Waals surface area contributed by atoms with E-state index in [-0.39, 0.29) is 18.2 Å². The van der Waals surface area contributed by atoms with E-state index >= 15 is 0 Å². The van der Waals surface area contributed by atoms with Crippen molar-refractivity contribution in [1.82, 2.24) is 0 Å². The van der Waals surface area contributed by atoms with E-state index in [0.29, 0.717) is 5.75 Å². The maximum atomic E-state index is 12.2. The van der Waals surface area contributed by atoms with Gasteiger partial charge in [0, 0.05) is 11.8 Å². The van der Waals surface area contributed by atoms with Crippen LogP contribution < -0.4 is 10.1 Å². The number of para-hydroxylation sites is 1. The Labute approximate surface area is 140 Å². The molecule has 6 nitrogen and oxygen atoms in total. The number of rotatable bonds is 7. The number of carbonyl (C=O) groups is 1. The molecular formula is C18H20N2O4. The molecule has 0 saturated carbocycles. The van der Waals surface area contributed by atoms with E-state index in [0.717, 1.165) is 29.7 Å². The van der Waals surface area contributed by atoms with E-state index in [4.69, 9.17) is 4.74 Å². The minimum absolute atomic E-state index is 0.0718. The zero-order valence-electron chi connectivity index (χ0n) is 13.7. The molecular weight excluding hydrogens is 308 g/mol. The summed E-state index contributed by atoms with van der Waals surface area (Å²) in [6, 6.07) is 11.7. The molecule has 1 amide bonds. The molecule has 0 aliphatic rings. The summed E-state index contributed by atoms with van der Waals surface area (Å²) in [5, 5.41) is 13.6. The fourth-order valence-corrected chi connectivity index (χ4v) is 2.41. The van der Waals surface area contributed by atoms with Gasteiger partial charge in [-0.2, -0.15) is 0 Å². The average molecular weight is 328 g/mol. The highest BCUT2D eigenvalue weighted by molar-refractivity contribution is 5.93. The van der Waals surface area contributed by atoms with Crippen LogP contribution in [0.4, 0.5) is 11.4 Å². The highest BCUT2D eigenvalue weighted by Crippen LogP contribution is 2.23. The first-order valence-corrected chi connectivity index (χ1v) is 7.83. The summed E-state index contributed by atoms with van der Waals surface area (Å²) < 4.78 is 5.36. The second-order valence-corrected chi connectivity index (χ2v) is 5.25. The van der Waals surface area contributed by atoms with Gasteiger partial charge in [0.15, 0.2) is 6.61 Å². The Bertz CT molecular complexity index is 721. The van der Waals surface area contributed by atoms with Gasteiger partial charge in [0.1, 0.15) is 5.75 Å². The third-order valence-corrected chi connectivity index (χ3v) is 3.66. The first kappa shape index (κ1) is 17.5. The SMILES string of the molecule is CCc1cccc(CC)c1NC(=O)COc1cccc([N+](=O)[O-])c1. The second kappa shape index (κ2) is 8.10. The van der Waals surface area contributed by atoms with Crippen LogP contribution >= 0.6 is 0 Å². The summed E-state index contributed by atoms with van der Waals surface area (Å²) in [6.07, 6.45) is 1.63. The molecule has 0 spiro atoms. The van der Waals surface area contributed by atoms with Gasteiger partial charge in [-0.05, 0) is 30.0 Å². The van der Waals surface area contributed by atoms with Crippen molar-refractivity contribution in [2.75, 3.05) is 11.9 Å². The number of hydrogen-bond donors (Lipinski definition) is 1. The van der Waals surface area contributed by atoms with E-state index in [1.165, 1.54) is 18.2 Å². The predicted molar refractivity (Wildman–Crippen MR) is 92.4 cm³/mol. The lowest BCUT2D eigenvalue weighted by molar-refractivity contribution is -0.384. The standard InChI is InChI=1S/C18H20N2O4/c1-3-13-7-5-8-14(4-2)18(13)19-17(21)12-24-16-10-6-9-15(11-16)20(22)23/h5-11H,3-4,12H2,1-2H3,(H,19,21). The van der Waals surface area contributed by atoms with Crippen LogP contribution in [0.25, 0.3) is 0 Å². The summed E-state index contributed by atoms with van der Waals surface area (Å²) in [5.74, 6) is -0.00375. The quantitative estimate of drug-likeness (QED) is 0.620. The molecule has 0 radical (unpaired) electrons. The van der Waals surface area contributed by atoms with Gasteiger partial charge in [0.2, 0.25) is 0 Å². The number of amides is 1. The number of anilines is 1. The monoisotopic (exact) mass is 328 g/mol. The maximum Gasteiger partial charge on any atom is 0.273 e. The van der Waals surface area contributed by atoms with Crippen molar-refractivity contribution >= 4 is 17.3 Å². The average Bonchev–Trinajstić information content (AvgIpc) is 2.60. The number of ether oxygens (including phenoxy) is 1. The third kappa shape index (κ3) is 4.32. The minimum atomic E-state index is -0.502. The highest BCUT2D eigenvalue weighted by Gasteiger charge is 2.12. The number of nitro groups is 1. The molecule has 0 aromatic heterocycles. The number of benzene rings is 2. The van der Waals surface area contributed by atoms with Crippen molar-refractivity contribution in [3.63, 3.8) is 0 Å². The molecule has 6 heteroatoms. The lowest BCUT2D eigenvalue weighted by Gasteiger charge is -2.14. The van der Waals surface area contributed by atoms with E-state index in [9.17, 15) is 14.9 Å². The molecule has 0 atom stereocenters. The Hall–Kier alpha value is -2.89. The van der Waals surface area contributed by atoms with E-state index in [1.54, 1.807) is 6.07 Å². The molecule has 0 fully saturated rings. The molecule has 1 N–H and O–H groups in total. The van der Waals surface area contributed by atoms with Crippen LogP contribution in [0.1, 0.15) is 25.0 Å². The van der Waals surface area contributed by atoms with Crippen LogP contribution in [-0.4, -0.2) is 17.4 Å². The molecule has 0 unspecified atom stereocenters. The Balaban J connectivity index is 2.04. The zero-order chi connectivity index (χ0) is 17.5. The topological polar surface area (TPSA) is 81.5 Å². The summed E-state index contributed by atoms with van der Waals surface area (Å²) in [5.41, 5.74) is 2.89. The fourth-order valence-electron chi connectivity index (χ4n) is 2.41. The summed E-state index contributed by atoms with van der Waals surface area (Å²) >= 11 is 0. The van der Waals surface area contributed by atoms with Gasteiger partial charge < -0.3 is 10.1 Å². The zero-order valence-corrected chi connectivity index (χ0v) is 13.7. The lowest BCUT2D eigenvalue weighted by Crippen LogP contribution is -2.21. The van der Waals surface area contributed by atoms with Gasteiger partial charge in [-0.1, -0.05) is 38.1 Å². The van der Waals surface area contributed by atoms with Crippen LogP contribution in [0.3, 0.4) is 0 Å². The van der Waals surface area contributed by atoms with Gasteiger partial charge in [0.25, 0.3) is 11.6 Å². The van der Waals surface area contributed by atoms with Gasteiger partial charge in [-0.25, -0.2) is 0 Å². The molecule has 0 aliphatic heterocycles. The summed E-state index contributed by atoms with van der Waals surface area (Å²) in [4.78, 5) is 22.4. The number of nitro benzene ring substituents is 1. The third-order valence-electron chi connectivity index (χ3n) is 3.66. The van der Waals surface area contributed by atoms with Crippen molar-refractivity contribution in [2.45, 2.75) is 26.7 Å². The van der Waals surface area contributed by atoms with Crippen LogP contribution in [0.2, 0.25) is 0 Å². The van der Waals surface area contributed by atoms with E-state index in [2.05, 4.69) is 5.32 Å². The first-order valence-electron chi connectivity index (χ1n) is 7.83. The summed E-state index contributed by atoms with van der Waals surface area (Å²) in [7, 11) is 0. The number of non-ortho nitro benzene ring substituents is 1. The van der Waals surface area contributed by atoms with Crippen LogP contribution in [0, 0.1) is 10.1 Å².